The minimum Gasteiger partial charge on any atom is -0.416 e. The van der Waals surface area contributed by atoms with E-state index in [0.717, 1.165) is 11.1 Å². The second kappa shape index (κ2) is 6.45. The first-order valence-electron chi connectivity index (χ1n) is 7.51. The van der Waals surface area contributed by atoms with Crippen LogP contribution in [0.2, 0.25) is 5.02 Å². The van der Waals surface area contributed by atoms with E-state index < -0.39 is 5.82 Å². The summed E-state index contributed by atoms with van der Waals surface area (Å²) in [6.07, 6.45) is 3.25. The molecule has 0 amide bonds. The Morgan fingerprint density at radius 1 is 0.760 bits per heavy atom. The Labute approximate surface area is 147 Å². The molecule has 0 aliphatic heterocycles. The average Bonchev–Trinajstić information content (AvgIpc) is 3.13. The third-order valence-electron chi connectivity index (χ3n) is 3.74. The number of hydrogen-bond acceptors (Lipinski definition) is 4. The Morgan fingerprint density at radius 2 is 1.44 bits per heavy atom. The highest BCUT2D eigenvalue weighted by Crippen LogP contribution is 2.32. The van der Waals surface area contributed by atoms with Crippen LogP contribution in [0.1, 0.15) is 0 Å². The number of benzene rings is 2. The van der Waals surface area contributed by atoms with Crippen molar-refractivity contribution in [1.29, 1.82) is 0 Å². The number of rotatable bonds is 3. The van der Waals surface area contributed by atoms with Gasteiger partial charge in [-0.25, -0.2) is 4.39 Å². The van der Waals surface area contributed by atoms with Crippen LogP contribution in [0.25, 0.3) is 34.0 Å². The third-order valence-corrected chi connectivity index (χ3v) is 3.99. The van der Waals surface area contributed by atoms with Crippen LogP contribution < -0.4 is 0 Å². The van der Waals surface area contributed by atoms with E-state index in [1.165, 1.54) is 0 Å². The summed E-state index contributed by atoms with van der Waals surface area (Å²) in [4.78, 5) is 3.94. The van der Waals surface area contributed by atoms with Gasteiger partial charge in [-0.15, -0.1) is 10.2 Å². The molecule has 0 saturated carbocycles. The monoisotopic (exact) mass is 351 g/mol. The van der Waals surface area contributed by atoms with E-state index in [-0.39, 0.29) is 11.5 Å². The summed E-state index contributed by atoms with van der Waals surface area (Å²) in [5.74, 6) is 0.0172. The van der Waals surface area contributed by atoms with Crippen molar-refractivity contribution in [2.45, 2.75) is 0 Å². The Bertz CT molecular complexity index is 1020. The first-order chi connectivity index (χ1) is 12.2. The number of halogens is 2. The molecule has 0 spiro atoms. The van der Waals surface area contributed by atoms with E-state index in [0.29, 0.717) is 16.5 Å². The SMILES string of the molecule is Fc1c(-c2ccc(Cl)cc2)cccc1-c1nnc(-c2ccncc2)o1. The van der Waals surface area contributed by atoms with Crippen molar-refractivity contribution in [3.8, 4) is 34.0 Å². The molecule has 0 fully saturated rings. The fourth-order valence-electron chi connectivity index (χ4n) is 2.49. The van der Waals surface area contributed by atoms with Gasteiger partial charge in [0.25, 0.3) is 5.89 Å². The normalized spacial score (nSPS) is 10.8. The molecule has 2 aromatic heterocycles. The number of nitrogens with zero attached hydrogens (tertiary/aromatic N) is 3. The summed E-state index contributed by atoms with van der Waals surface area (Å²) in [5, 5.41) is 8.56. The fourth-order valence-corrected chi connectivity index (χ4v) is 2.62. The first-order valence-corrected chi connectivity index (χ1v) is 7.89. The second-order valence-corrected chi connectivity index (χ2v) is 5.76. The van der Waals surface area contributed by atoms with Crippen LogP contribution in [0.5, 0.6) is 0 Å². The Kier molecular flexibility index (Phi) is 3.99. The van der Waals surface area contributed by atoms with Crippen LogP contribution in [-0.2, 0) is 0 Å². The van der Waals surface area contributed by atoms with Gasteiger partial charge >= 0.3 is 0 Å². The van der Waals surface area contributed by atoms with Crippen molar-refractivity contribution < 1.29 is 8.81 Å². The molecule has 0 saturated heterocycles. The molecule has 2 aromatic carbocycles. The zero-order valence-corrected chi connectivity index (χ0v) is 13.6. The molecule has 0 aliphatic rings. The molecule has 6 heteroatoms. The van der Waals surface area contributed by atoms with Crippen LogP contribution in [0.15, 0.2) is 71.4 Å². The fraction of sp³-hybridized carbons (Fsp3) is 0. The summed E-state index contributed by atoms with van der Waals surface area (Å²) in [5.41, 5.74) is 2.14. The lowest BCUT2D eigenvalue weighted by Gasteiger charge is -2.06. The standard InChI is InChI=1S/C19H11ClFN3O/c20-14-6-4-12(5-7-14)15-2-1-3-16(17(15)21)19-24-23-18(25-19)13-8-10-22-11-9-13/h1-11H. The quantitative estimate of drug-likeness (QED) is 0.505. The molecule has 4 nitrogen and oxygen atoms in total. The molecule has 0 unspecified atom stereocenters. The predicted molar refractivity (Wildman–Crippen MR) is 93.4 cm³/mol. The number of aromatic nitrogens is 3. The summed E-state index contributed by atoms with van der Waals surface area (Å²) >= 11 is 5.90. The maximum atomic E-state index is 15.0. The molecule has 4 aromatic rings. The third kappa shape index (κ3) is 3.02. The van der Waals surface area contributed by atoms with E-state index in [1.807, 2.05) is 0 Å². The van der Waals surface area contributed by atoms with Gasteiger partial charge in [-0.1, -0.05) is 35.9 Å². The lowest BCUT2D eigenvalue weighted by atomic mass is 10.0. The smallest absolute Gasteiger partial charge is 0.251 e. The molecule has 0 atom stereocenters. The molecular weight excluding hydrogens is 341 g/mol. The average molecular weight is 352 g/mol. The van der Waals surface area contributed by atoms with Crippen molar-refractivity contribution in [2.75, 3.05) is 0 Å². The highest BCUT2D eigenvalue weighted by atomic mass is 35.5. The molecule has 0 bridgehead atoms. The maximum Gasteiger partial charge on any atom is 0.251 e. The predicted octanol–water partition coefficient (Wildman–Crippen LogP) is 5.26. The van der Waals surface area contributed by atoms with Crippen LogP contribution in [-0.4, -0.2) is 15.2 Å². The summed E-state index contributed by atoms with van der Waals surface area (Å²) in [7, 11) is 0. The van der Waals surface area contributed by atoms with Gasteiger partial charge in [0.15, 0.2) is 0 Å². The molecule has 25 heavy (non-hydrogen) atoms. The van der Waals surface area contributed by atoms with Gasteiger partial charge in [0.2, 0.25) is 5.89 Å². The molecule has 2 heterocycles. The minimum atomic E-state index is -0.422. The molecule has 0 N–H and O–H groups in total. The van der Waals surface area contributed by atoms with Crippen molar-refractivity contribution in [1.82, 2.24) is 15.2 Å². The van der Waals surface area contributed by atoms with Gasteiger partial charge < -0.3 is 4.42 Å². The van der Waals surface area contributed by atoms with Gasteiger partial charge in [-0.05, 0) is 35.9 Å². The maximum absolute atomic E-state index is 15.0. The Morgan fingerprint density at radius 3 is 2.20 bits per heavy atom. The zero-order chi connectivity index (χ0) is 17.2. The van der Waals surface area contributed by atoms with E-state index in [2.05, 4.69) is 15.2 Å². The van der Waals surface area contributed by atoms with Crippen molar-refractivity contribution in [3.63, 3.8) is 0 Å². The highest BCUT2D eigenvalue weighted by molar-refractivity contribution is 6.30. The van der Waals surface area contributed by atoms with Crippen LogP contribution >= 0.6 is 11.6 Å². The molecular formula is C19H11ClFN3O. The number of hydrogen-bond donors (Lipinski definition) is 0. The summed E-state index contributed by atoms with van der Waals surface area (Å²) in [6.45, 7) is 0. The van der Waals surface area contributed by atoms with Gasteiger partial charge in [-0.3, -0.25) is 4.98 Å². The van der Waals surface area contributed by atoms with Gasteiger partial charge in [0, 0.05) is 28.5 Å². The molecule has 0 aliphatic carbocycles. The van der Waals surface area contributed by atoms with Crippen molar-refractivity contribution in [3.05, 3.63) is 77.8 Å². The number of pyridine rings is 1. The molecule has 4 rings (SSSR count). The van der Waals surface area contributed by atoms with Gasteiger partial charge in [-0.2, -0.15) is 0 Å². The van der Waals surface area contributed by atoms with Crippen molar-refractivity contribution in [2.24, 2.45) is 0 Å². The van der Waals surface area contributed by atoms with Gasteiger partial charge in [0.05, 0.1) is 5.56 Å². The topological polar surface area (TPSA) is 51.8 Å². The lowest BCUT2D eigenvalue weighted by molar-refractivity contribution is 0.571. The van der Waals surface area contributed by atoms with Crippen molar-refractivity contribution >= 4 is 11.6 Å². The second-order valence-electron chi connectivity index (χ2n) is 5.32. The lowest BCUT2D eigenvalue weighted by Crippen LogP contribution is -1.89. The minimum absolute atomic E-state index is 0.125. The van der Waals surface area contributed by atoms with E-state index in [1.54, 1.807) is 67.0 Å². The highest BCUT2D eigenvalue weighted by Gasteiger charge is 2.17. The Balaban J connectivity index is 1.76. The van der Waals surface area contributed by atoms with E-state index >= 15 is 0 Å². The van der Waals surface area contributed by atoms with E-state index in [4.69, 9.17) is 16.0 Å². The largest absolute Gasteiger partial charge is 0.416 e. The van der Waals surface area contributed by atoms with Gasteiger partial charge in [0.1, 0.15) is 5.82 Å². The van der Waals surface area contributed by atoms with Crippen LogP contribution in [0.4, 0.5) is 4.39 Å². The zero-order valence-electron chi connectivity index (χ0n) is 12.9. The summed E-state index contributed by atoms with van der Waals surface area (Å²) < 4.78 is 20.6. The van der Waals surface area contributed by atoms with Crippen LogP contribution in [0.3, 0.4) is 0 Å². The molecule has 122 valence electrons. The Hall–Kier alpha value is -3.05. The van der Waals surface area contributed by atoms with Crippen LogP contribution in [0, 0.1) is 5.82 Å². The first kappa shape index (κ1) is 15.5. The summed E-state index contributed by atoms with van der Waals surface area (Å²) in [6, 6.07) is 15.5. The molecule has 0 radical (unpaired) electrons. The van der Waals surface area contributed by atoms with E-state index in [9.17, 15) is 4.39 Å².